The molecular weight excluding hydrogens is 233 g/mol. The molecule has 17 heavy (non-hydrogen) atoms. The Morgan fingerprint density at radius 1 is 1.35 bits per heavy atom. The first kappa shape index (κ1) is 13.5. The number of carbonyl (C=O) groups excluding carboxylic acids is 1. The maximum atomic E-state index is 13.2. The van der Waals surface area contributed by atoms with E-state index in [0.717, 1.165) is 12.1 Å². The number of nitrogens with one attached hydrogen (secondary N) is 1. The molecule has 0 aliphatic rings. The number of halogens is 3. The van der Waals surface area contributed by atoms with Crippen molar-refractivity contribution in [3.8, 4) is 0 Å². The first-order chi connectivity index (χ1) is 7.79. The van der Waals surface area contributed by atoms with E-state index in [4.69, 9.17) is 5.73 Å². The van der Waals surface area contributed by atoms with E-state index in [1.165, 1.54) is 6.92 Å². The molecule has 3 nitrogen and oxygen atoms in total. The van der Waals surface area contributed by atoms with Gasteiger partial charge in [-0.1, -0.05) is 6.92 Å². The number of hydrogen-bond acceptors (Lipinski definition) is 2. The van der Waals surface area contributed by atoms with E-state index in [0.29, 0.717) is 6.42 Å². The minimum Gasteiger partial charge on any atom is -0.322 e. The van der Waals surface area contributed by atoms with Gasteiger partial charge in [-0.2, -0.15) is 0 Å². The molecule has 0 fully saturated rings. The van der Waals surface area contributed by atoms with Crippen LogP contribution in [0.4, 0.5) is 18.9 Å². The number of carbonyl (C=O) groups is 1. The number of anilines is 1. The number of nitrogens with two attached hydrogens (primary N) is 1. The van der Waals surface area contributed by atoms with Crippen molar-refractivity contribution in [1.29, 1.82) is 0 Å². The first-order valence-electron chi connectivity index (χ1n) is 5.03. The Labute approximate surface area is 96.8 Å². The summed E-state index contributed by atoms with van der Waals surface area (Å²) in [5.41, 5.74) is 3.99. The predicted molar refractivity (Wildman–Crippen MR) is 57.8 cm³/mol. The van der Waals surface area contributed by atoms with Gasteiger partial charge < -0.3 is 11.1 Å². The van der Waals surface area contributed by atoms with Crippen LogP contribution in [-0.2, 0) is 4.79 Å². The van der Waals surface area contributed by atoms with Crippen LogP contribution in [0.15, 0.2) is 12.1 Å². The Kier molecular flexibility index (Phi) is 3.77. The molecule has 0 aromatic heterocycles. The van der Waals surface area contributed by atoms with E-state index < -0.39 is 34.6 Å². The van der Waals surface area contributed by atoms with Gasteiger partial charge in [-0.25, -0.2) is 13.2 Å². The Hall–Kier alpha value is -1.56. The van der Waals surface area contributed by atoms with Crippen molar-refractivity contribution < 1.29 is 18.0 Å². The average molecular weight is 246 g/mol. The minimum atomic E-state index is -1.63. The Balaban J connectivity index is 2.98. The van der Waals surface area contributed by atoms with Gasteiger partial charge in [0, 0.05) is 0 Å². The molecule has 3 N–H and O–H groups in total. The van der Waals surface area contributed by atoms with Crippen molar-refractivity contribution >= 4 is 11.6 Å². The second-order valence-corrected chi connectivity index (χ2v) is 3.95. The molecular formula is C11H13F3N2O. The van der Waals surface area contributed by atoms with Crippen LogP contribution in [0, 0.1) is 17.5 Å². The zero-order valence-corrected chi connectivity index (χ0v) is 9.48. The molecule has 94 valence electrons. The highest BCUT2D eigenvalue weighted by molar-refractivity contribution is 5.97. The molecule has 0 aliphatic carbocycles. The van der Waals surface area contributed by atoms with Crippen LogP contribution in [-0.4, -0.2) is 11.4 Å². The van der Waals surface area contributed by atoms with Crippen molar-refractivity contribution in [2.24, 2.45) is 5.73 Å². The van der Waals surface area contributed by atoms with E-state index in [2.05, 4.69) is 5.32 Å². The number of rotatable bonds is 3. The van der Waals surface area contributed by atoms with Crippen molar-refractivity contribution in [1.82, 2.24) is 0 Å². The lowest BCUT2D eigenvalue weighted by atomic mass is 9.99. The van der Waals surface area contributed by atoms with E-state index in [1.54, 1.807) is 6.92 Å². The molecule has 1 atom stereocenters. The van der Waals surface area contributed by atoms with Crippen LogP contribution in [0.2, 0.25) is 0 Å². The standard InChI is InChI=1S/C11H13F3N2O/c1-3-11(2,15)10(17)16-7-5-4-6(12)8(13)9(7)14/h4-5H,3,15H2,1-2H3,(H,16,17). The summed E-state index contributed by atoms with van der Waals surface area (Å²) < 4.78 is 38.8. The third-order valence-electron chi connectivity index (χ3n) is 2.54. The number of amides is 1. The lowest BCUT2D eigenvalue weighted by Crippen LogP contribution is -2.47. The Morgan fingerprint density at radius 2 is 1.94 bits per heavy atom. The maximum absolute atomic E-state index is 13.2. The highest BCUT2D eigenvalue weighted by Gasteiger charge is 2.27. The molecule has 1 rings (SSSR count). The highest BCUT2D eigenvalue weighted by Crippen LogP contribution is 2.20. The number of hydrogen-bond donors (Lipinski definition) is 2. The van der Waals surface area contributed by atoms with Crippen molar-refractivity contribution in [3.05, 3.63) is 29.6 Å². The second kappa shape index (κ2) is 4.75. The van der Waals surface area contributed by atoms with Crippen LogP contribution < -0.4 is 11.1 Å². The van der Waals surface area contributed by atoms with E-state index in [-0.39, 0.29) is 0 Å². The summed E-state index contributed by atoms with van der Waals surface area (Å²) in [5.74, 6) is -5.04. The van der Waals surface area contributed by atoms with E-state index in [9.17, 15) is 18.0 Å². The summed E-state index contributed by atoms with van der Waals surface area (Å²) in [5, 5.41) is 2.12. The van der Waals surface area contributed by atoms with Crippen molar-refractivity contribution in [2.45, 2.75) is 25.8 Å². The zero-order valence-electron chi connectivity index (χ0n) is 9.48. The van der Waals surface area contributed by atoms with Gasteiger partial charge in [0.1, 0.15) is 0 Å². The van der Waals surface area contributed by atoms with Gasteiger partial charge in [0.15, 0.2) is 17.5 Å². The summed E-state index contributed by atoms with van der Waals surface area (Å²) in [6.45, 7) is 3.14. The molecule has 0 saturated heterocycles. The number of benzene rings is 1. The molecule has 1 unspecified atom stereocenters. The monoisotopic (exact) mass is 246 g/mol. The third kappa shape index (κ3) is 2.76. The fourth-order valence-electron chi connectivity index (χ4n) is 1.05. The fraction of sp³-hybridized carbons (Fsp3) is 0.364. The molecule has 0 heterocycles. The Morgan fingerprint density at radius 3 is 2.47 bits per heavy atom. The molecule has 1 aromatic rings. The van der Waals surface area contributed by atoms with Crippen molar-refractivity contribution in [2.75, 3.05) is 5.32 Å². The Bertz CT molecular complexity index is 447. The van der Waals surface area contributed by atoms with Gasteiger partial charge in [0.2, 0.25) is 5.91 Å². The topological polar surface area (TPSA) is 55.1 Å². The van der Waals surface area contributed by atoms with E-state index in [1.807, 2.05) is 0 Å². The van der Waals surface area contributed by atoms with Crippen LogP contribution in [0.3, 0.4) is 0 Å². The van der Waals surface area contributed by atoms with Gasteiger partial charge in [0.05, 0.1) is 11.2 Å². The normalized spacial score (nSPS) is 14.2. The van der Waals surface area contributed by atoms with Crippen molar-refractivity contribution in [3.63, 3.8) is 0 Å². The summed E-state index contributed by atoms with van der Waals surface area (Å²) in [6.07, 6.45) is 0.324. The SMILES string of the molecule is CCC(C)(N)C(=O)Nc1ccc(F)c(F)c1F. The third-order valence-corrected chi connectivity index (χ3v) is 2.54. The van der Waals surface area contributed by atoms with E-state index >= 15 is 0 Å². The molecule has 1 amide bonds. The molecule has 1 aromatic carbocycles. The van der Waals surface area contributed by atoms with Gasteiger partial charge in [-0.15, -0.1) is 0 Å². The van der Waals surface area contributed by atoms with Crippen LogP contribution in [0.5, 0.6) is 0 Å². The fourth-order valence-corrected chi connectivity index (χ4v) is 1.05. The zero-order chi connectivity index (χ0) is 13.2. The first-order valence-corrected chi connectivity index (χ1v) is 5.03. The molecule has 0 bridgehead atoms. The molecule has 0 radical (unpaired) electrons. The lowest BCUT2D eigenvalue weighted by Gasteiger charge is -2.21. The van der Waals surface area contributed by atoms with Gasteiger partial charge in [0.25, 0.3) is 0 Å². The minimum absolute atomic E-state index is 0.324. The largest absolute Gasteiger partial charge is 0.322 e. The summed E-state index contributed by atoms with van der Waals surface area (Å²) >= 11 is 0. The maximum Gasteiger partial charge on any atom is 0.244 e. The molecule has 0 aliphatic heterocycles. The summed E-state index contributed by atoms with van der Waals surface area (Å²) in [4.78, 5) is 11.6. The van der Waals surface area contributed by atoms with Gasteiger partial charge >= 0.3 is 0 Å². The average Bonchev–Trinajstić information content (AvgIpc) is 2.29. The smallest absolute Gasteiger partial charge is 0.244 e. The van der Waals surface area contributed by atoms with Crippen LogP contribution in [0.1, 0.15) is 20.3 Å². The summed E-state index contributed by atoms with van der Waals surface area (Å²) in [6, 6.07) is 1.67. The molecule has 0 saturated carbocycles. The quantitative estimate of drug-likeness (QED) is 0.803. The van der Waals surface area contributed by atoms with Crippen LogP contribution >= 0.6 is 0 Å². The van der Waals surface area contributed by atoms with Gasteiger partial charge in [-0.3, -0.25) is 4.79 Å². The highest BCUT2D eigenvalue weighted by atomic mass is 19.2. The summed E-state index contributed by atoms with van der Waals surface area (Å²) in [7, 11) is 0. The molecule has 0 spiro atoms. The van der Waals surface area contributed by atoms with Gasteiger partial charge in [-0.05, 0) is 25.5 Å². The molecule has 6 heteroatoms. The predicted octanol–water partition coefficient (Wildman–Crippen LogP) is 2.17. The second-order valence-electron chi connectivity index (χ2n) is 3.95. The van der Waals surface area contributed by atoms with Crippen LogP contribution in [0.25, 0.3) is 0 Å². The lowest BCUT2D eigenvalue weighted by molar-refractivity contribution is -0.120.